The van der Waals surface area contributed by atoms with Gasteiger partial charge in [0.15, 0.2) is 0 Å². The molecule has 0 atom stereocenters. The molecule has 4 heteroatoms. The molecule has 1 saturated carbocycles. The lowest BCUT2D eigenvalue weighted by Crippen LogP contribution is -2.41. The van der Waals surface area contributed by atoms with Crippen molar-refractivity contribution in [1.82, 2.24) is 4.90 Å². The molecule has 0 aromatic carbocycles. The Labute approximate surface area is 90.2 Å². The Balaban J connectivity index is 1.90. The molecule has 2 rings (SSSR count). The van der Waals surface area contributed by atoms with E-state index >= 15 is 0 Å². The molecule has 1 heterocycles. The van der Waals surface area contributed by atoms with Gasteiger partial charge < -0.3 is 14.7 Å². The number of hydrogen-bond donors (Lipinski definition) is 1. The fourth-order valence-electron chi connectivity index (χ4n) is 2.15. The van der Waals surface area contributed by atoms with E-state index in [1.807, 2.05) is 4.90 Å². The van der Waals surface area contributed by atoms with Gasteiger partial charge in [0.2, 0.25) is 5.91 Å². The number of hydrogen-bond acceptors (Lipinski definition) is 3. The first-order valence-corrected chi connectivity index (χ1v) is 5.82. The van der Waals surface area contributed by atoms with Crippen molar-refractivity contribution in [1.29, 1.82) is 0 Å². The van der Waals surface area contributed by atoms with Crippen LogP contribution in [0.3, 0.4) is 0 Å². The third kappa shape index (κ3) is 2.69. The summed E-state index contributed by atoms with van der Waals surface area (Å²) in [6.07, 6.45) is 3.89. The number of nitrogens with zero attached hydrogens (tertiary/aromatic N) is 1. The smallest absolute Gasteiger partial charge is 0.226 e. The van der Waals surface area contributed by atoms with Crippen molar-refractivity contribution in [3.05, 3.63) is 0 Å². The molecule has 1 saturated heterocycles. The number of carbonyl (C=O) groups excluding carboxylic acids is 1. The SMILES string of the molecule is O=C(C1CCOCC1)N(CCO)C1CC1. The number of amides is 1. The van der Waals surface area contributed by atoms with E-state index in [9.17, 15) is 4.79 Å². The van der Waals surface area contributed by atoms with Gasteiger partial charge in [0, 0.05) is 31.7 Å². The Morgan fingerprint density at radius 1 is 1.27 bits per heavy atom. The average molecular weight is 213 g/mol. The van der Waals surface area contributed by atoms with Crippen molar-refractivity contribution in [2.45, 2.75) is 31.7 Å². The Hall–Kier alpha value is -0.610. The van der Waals surface area contributed by atoms with E-state index in [2.05, 4.69) is 0 Å². The fraction of sp³-hybridized carbons (Fsp3) is 0.909. The molecule has 86 valence electrons. The standard InChI is InChI=1S/C11H19NO3/c13-6-5-12(10-1-2-10)11(14)9-3-7-15-8-4-9/h9-10,13H,1-8H2. The minimum atomic E-state index is 0.0749. The van der Waals surface area contributed by atoms with E-state index in [0.29, 0.717) is 25.8 Å². The Kier molecular flexibility index (Phi) is 3.59. The Morgan fingerprint density at radius 2 is 1.93 bits per heavy atom. The van der Waals surface area contributed by atoms with Gasteiger partial charge in [-0.25, -0.2) is 0 Å². The van der Waals surface area contributed by atoms with E-state index in [0.717, 1.165) is 25.7 Å². The third-order valence-electron chi connectivity index (χ3n) is 3.18. The Bertz CT molecular complexity index is 222. The number of aliphatic hydroxyl groups excluding tert-OH is 1. The summed E-state index contributed by atoms with van der Waals surface area (Å²) in [4.78, 5) is 14.0. The van der Waals surface area contributed by atoms with Gasteiger partial charge in [-0.05, 0) is 25.7 Å². The predicted molar refractivity (Wildman–Crippen MR) is 55.4 cm³/mol. The molecule has 2 fully saturated rings. The lowest BCUT2D eigenvalue weighted by molar-refractivity contribution is -0.139. The van der Waals surface area contributed by atoms with Gasteiger partial charge in [-0.15, -0.1) is 0 Å². The second-order valence-electron chi connectivity index (χ2n) is 4.37. The minimum Gasteiger partial charge on any atom is -0.395 e. The highest BCUT2D eigenvalue weighted by molar-refractivity contribution is 5.79. The van der Waals surface area contributed by atoms with Crippen LogP contribution in [0.15, 0.2) is 0 Å². The summed E-state index contributed by atoms with van der Waals surface area (Å²) in [5.74, 6) is 0.362. The highest BCUT2D eigenvalue weighted by atomic mass is 16.5. The van der Waals surface area contributed by atoms with E-state index in [1.54, 1.807) is 0 Å². The van der Waals surface area contributed by atoms with Crippen molar-refractivity contribution in [2.75, 3.05) is 26.4 Å². The quantitative estimate of drug-likeness (QED) is 0.735. The summed E-state index contributed by atoms with van der Waals surface area (Å²) in [6.45, 7) is 1.98. The third-order valence-corrected chi connectivity index (χ3v) is 3.18. The molecule has 1 N–H and O–H groups in total. The molecule has 0 aromatic heterocycles. The maximum absolute atomic E-state index is 12.1. The summed E-state index contributed by atoms with van der Waals surface area (Å²) in [5.41, 5.74) is 0. The first-order chi connectivity index (χ1) is 7.33. The molecule has 1 amide bonds. The van der Waals surface area contributed by atoms with Crippen LogP contribution in [0.2, 0.25) is 0 Å². The minimum absolute atomic E-state index is 0.0749. The van der Waals surface area contributed by atoms with Gasteiger partial charge >= 0.3 is 0 Å². The fourth-order valence-corrected chi connectivity index (χ4v) is 2.15. The van der Waals surface area contributed by atoms with Crippen molar-refractivity contribution < 1.29 is 14.6 Å². The molecule has 2 aliphatic rings. The van der Waals surface area contributed by atoms with E-state index in [1.165, 1.54) is 0 Å². The summed E-state index contributed by atoms with van der Waals surface area (Å²) in [5, 5.41) is 8.94. The van der Waals surface area contributed by atoms with Crippen LogP contribution in [0.5, 0.6) is 0 Å². The zero-order valence-electron chi connectivity index (χ0n) is 9.02. The van der Waals surface area contributed by atoms with Crippen molar-refractivity contribution in [3.8, 4) is 0 Å². The molecule has 1 aliphatic heterocycles. The molecule has 4 nitrogen and oxygen atoms in total. The highest BCUT2D eigenvalue weighted by Crippen LogP contribution is 2.29. The number of rotatable bonds is 4. The van der Waals surface area contributed by atoms with Crippen LogP contribution in [0, 0.1) is 5.92 Å². The predicted octanol–water partition coefficient (Wildman–Crippen LogP) is 0.396. The van der Waals surface area contributed by atoms with Crippen LogP contribution < -0.4 is 0 Å². The normalized spacial score (nSPS) is 22.7. The summed E-state index contributed by atoms with van der Waals surface area (Å²) in [7, 11) is 0. The van der Waals surface area contributed by atoms with Gasteiger partial charge in [0.25, 0.3) is 0 Å². The van der Waals surface area contributed by atoms with Crippen LogP contribution in [-0.2, 0) is 9.53 Å². The lowest BCUT2D eigenvalue weighted by Gasteiger charge is -2.29. The largest absolute Gasteiger partial charge is 0.395 e. The molecule has 0 aromatic rings. The van der Waals surface area contributed by atoms with Gasteiger partial charge in [0.05, 0.1) is 6.61 Å². The van der Waals surface area contributed by atoms with E-state index in [4.69, 9.17) is 9.84 Å². The molecular weight excluding hydrogens is 194 g/mol. The van der Waals surface area contributed by atoms with Crippen LogP contribution in [-0.4, -0.2) is 48.3 Å². The van der Waals surface area contributed by atoms with Crippen molar-refractivity contribution in [2.24, 2.45) is 5.92 Å². The molecule has 0 radical (unpaired) electrons. The second kappa shape index (κ2) is 4.94. The maximum Gasteiger partial charge on any atom is 0.226 e. The molecule has 0 unspecified atom stereocenters. The monoisotopic (exact) mass is 213 g/mol. The average Bonchev–Trinajstić information content (AvgIpc) is 3.10. The second-order valence-corrected chi connectivity index (χ2v) is 4.37. The van der Waals surface area contributed by atoms with Gasteiger partial charge in [-0.2, -0.15) is 0 Å². The van der Waals surface area contributed by atoms with Crippen molar-refractivity contribution >= 4 is 5.91 Å². The first-order valence-electron chi connectivity index (χ1n) is 5.82. The van der Waals surface area contributed by atoms with Gasteiger partial charge in [0.1, 0.15) is 0 Å². The maximum atomic E-state index is 12.1. The van der Waals surface area contributed by atoms with E-state index in [-0.39, 0.29) is 18.4 Å². The number of aliphatic hydroxyl groups is 1. The lowest BCUT2D eigenvalue weighted by atomic mass is 9.98. The summed E-state index contributed by atoms with van der Waals surface area (Å²) in [6, 6.07) is 0.410. The first kappa shape index (κ1) is 10.9. The molecule has 1 aliphatic carbocycles. The van der Waals surface area contributed by atoms with Crippen LogP contribution >= 0.6 is 0 Å². The van der Waals surface area contributed by atoms with Gasteiger partial charge in [-0.3, -0.25) is 4.79 Å². The molecular formula is C11H19NO3. The van der Waals surface area contributed by atoms with Crippen LogP contribution in [0.4, 0.5) is 0 Å². The number of carbonyl (C=O) groups is 1. The van der Waals surface area contributed by atoms with Crippen LogP contribution in [0.25, 0.3) is 0 Å². The van der Waals surface area contributed by atoms with Crippen LogP contribution in [0.1, 0.15) is 25.7 Å². The highest BCUT2D eigenvalue weighted by Gasteiger charge is 2.35. The molecule has 0 spiro atoms. The van der Waals surface area contributed by atoms with Gasteiger partial charge in [-0.1, -0.05) is 0 Å². The molecule has 15 heavy (non-hydrogen) atoms. The number of ether oxygens (including phenoxy) is 1. The summed E-state index contributed by atoms with van der Waals surface area (Å²) >= 11 is 0. The topological polar surface area (TPSA) is 49.8 Å². The zero-order chi connectivity index (χ0) is 10.7. The summed E-state index contributed by atoms with van der Waals surface area (Å²) < 4.78 is 5.25. The van der Waals surface area contributed by atoms with E-state index < -0.39 is 0 Å². The zero-order valence-corrected chi connectivity index (χ0v) is 9.02. The van der Waals surface area contributed by atoms with Crippen molar-refractivity contribution in [3.63, 3.8) is 0 Å². The Morgan fingerprint density at radius 3 is 2.47 bits per heavy atom. The molecule has 0 bridgehead atoms.